The maximum atomic E-state index is 13.4. The van der Waals surface area contributed by atoms with E-state index >= 15 is 0 Å². The Morgan fingerprint density at radius 2 is 2.00 bits per heavy atom. The van der Waals surface area contributed by atoms with Gasteiger partial charge in [-0.05, 0) is 29.2 Å². The second-order valence-electron chi connectivity index (χ2n) is 6.57. The lowest BCUT2D eigenvalue weighted by atomic mass is 9.85. The van der Waals surface area contributed by atoms with Gasteiger partial charge in [-0.3, -0.25) is 0 Å². The lowest BCUT2D eigenvalue weighted by Crippen LogP contribution is -2.41. The van der Waals surface area contributed by atoms with Crippen LogP contribution in [0.3, 0.4) is 0 Å². The van der Waals surface area contributed by atoms with Gasteiger partial charge in [0.2, 0.25) is 6.10 Å². The number of rotatable bonds is 4. The molecule has 0 amide bonds. The molecule has 1 unspecified atom stereocenters. The fourth-order valence-electron chi connectivity index (χ4n) is 2.40. The summed E-state index contributed by atoms with van der Waals surface area (Å²) in [5.41, 5.74) is -0.236. The van der Waals surface area contributed by atoms with Crippen molar-refractivity contribution in [3.05, 3.63) is 33.9 Å². The molecule has 0 saturated heterocycles. The molecule has 1 heterocycles. The molecule has 1 aliphatic heterocycles. The second-order valence-corrected chi connectivity index (χ2v) is 6.97. The van der Waals surface area contributed by atoms with Gasteiger partial charge in [0.15, 0.2) is 0 Å². The number of fused-ring (bicyclic) bond motifs is 1. The van der Waals surface area contributed by atoms with Crippen LogP contribution in [0, 0.1) is 0 Å². The van der Waals surface area contributed by atoms with Gasteiger partial charge in [-0.15, -0.1) is 0 Å². The van der Waals surface area contributed by atoms with Crippen LogP contribution in [0.2, 0.25) is 5.02 Å². The quantitative estimate of drug-likeness (QED) is 0.250. The number of hydrogen-bond acceptors (Lipinski definition) is 5. The Bertz CT molecular complexity index is 754. The molecular formula is C17H17ClF3NO4. The van der Waals surface area contributed by atoms with E-state index in [0.29, 0.717) is 10.6 Å². The summed E-state index contributed by atoms with van der Waals surface area (Å²) < 4.78 is 49.9. The number of ether oxygens (including phenoxy) is 2. The second kappa shape index (κ2) is 7.19. The monoisotopic (exact) mass is 391 g/mol. The highest BCUT2D eigenvalue weighted by molar-refractivity contribution is 6.31. The van der Waals surface area contributed by atoms with Gasteiger partial charge in [-0.1, -0.05) is 37.5 Å². The average molecular weight is 392 g/mol. The number of nitrogens with zero attached hydrogens (tertiary/aromatic N) is 1. The number of hydrogen-bond donors (Lipinski definition) is 0. The molecule has 0 radical (unpaired) electrons. The fourth-order valence-corrected chi connectivity index (χ4v) is 2.86. The van der Waals surface area contributed by atoms with Gasteiger partial charge in [0.05, 0.1) is 5.57 Å². The van der Waals surface area contributed by atoms with Crippen molar-refractivity contribution >= 4 is 30.4 Å². The standard InChI is InChI=1S/C17H17ClF3NO4/c1-16(2,3)11-7-13-9(6-12(11)18)5-10(14(26-13)17(19,20)21)15(23)24-8-25-22-4/h5-7,14H,4,8H2,1-3H3. The first-order valence-electron chi connectivity index (χ1n) is 7.49. The molecule has 142 valence electrons. The zero-order chi connectivity index (χ0) is 19.7. The van der Waals surface area contributed by atoms with Crippen molar-refractivity contribution in [2.45, 2.75) is 38.5 Å². The van der Waals surface area contributed by atoms with Crippen LogP contribution in [0.4, 0.5) is 13.2 Å². The molecule has 1 atom stereocenters. The van der Waals surface area contributed by atoms with E-state index in [4.69, 9.17) is 16.3 Å². The van der Waals surface area contributed by atoms with E-state index in [1.54, 1.807) is 0 Å². The van der Waals surface area contributed by atoms with Crippen molar-refractivity contribution in [3.63, 3.8) is 0 Å². The van der Waals surface area contributed by atoms with Crippen LogP contribution in [0.15, 0.2) is 22.9 Å². The average Bonchev–Trinajstić information content (AvgIpc) is 2.51. The zero-order valence-electron chi connectivity index (χ0n) is 14.3. The fraction of sp³-hybridized carbons (Fsp3) is 0.412. The molecule has 0 spiro atoms. The molecule has 2 rings (SSSR count). The third-order valence-corrected chi connectivity index (χ3v) is 3.93. The zero-order valence-corrected chi connectivity index (χ0v) is 15.1. The third kappa shape index (κ3) is 4.30. The Morgan fingerprint density at radius 3 is 2.54 bits per heavy atom. The van der Waals surface area contributed by atoms with Crippen LogP contribution in [0.25, 0.3) is 6.08 Å². The van der Waals surface area contributed by atoms with Gasteiger partial charge in [0, 0.05) is 17.3 Å². The minimum absolute atomic E-state index is 0.0118. The van der Waals surface area contributed by atoms with Gasteiger partial charge < -0.3 is 14.3 Å². The van der Waals surface area contributed by atoms with Crippen molar-refractivity contribution < 1.29 is 32.3 Å². The number of esters is 1. The van der Waals surface area contributed by atoms with Crippen molar-refractivity contribution in [2.75, 3.05) is 6.79 Å². The van der Waals surface area contributed by atoms with Crippen LogP contribution >= 0.6 is 11.6 Å². The minimum Gasteiger partial charge on any atom is -0.475 e. The van der Waals surface area contributed by atoms with Crippen molar-refractivity contribution in [2.24, 2.45) is 5.16 Å². The lowest BCUT2D eigenvalue weighted by molar-refractivity contribution is -0.189. The molecule has 1 aliphatic rings. The van der Waals surface area contributed by atoms with Crippen molar-refractivity contribution in [1.82, 2.24) is 0 Å². The molecule has 0 aliphatic carbocycles. The largest absolute Gasteiger partial charge is 0.475 e. The van der Waals surface area contributed by atoms with E-state index in [-0.39, 0.29) is 11.3 Å². The Hall–Kier alpha value is -2.22. The van der Waals surface area contributed by atoms with Crippen LogP contribution < -0.4 is 4.74 Å². The maximum absolute atomic E-state index is 13.4. The Balaban J connectivity index is 2.48. The summed E-state index contributed by atoms with van der Waals surface area (Å²) in [6.07, 6.45) is -6.23. The van der Waals surface area contributed by atoms with Crippen LogP contribution in [-0.4, -0.2) is 31.8 Å². The van der Waals surface area contributed by atoms with Gasteiger partial charge in [-0.2, -0.15) is 13.2 Å². The number of alkyl halides is 3. The van der Waals surface area contributed by atoms with Gasteiger partial charge >= 0.3 is 12.1 Å². The number of benzene rings is 1. The molecule has 0 N–H and O–H groups in total. The molecule has 0 saturated carbocycles. The van der Waals surface area contributed by atoms with Crippen LogP contribution in [-0.2, 0) is 19.8 Å². The van der Waals surface area contributed by atoms with Crippen molar-refractivity contribution in [1.29, 1.82) is 0 Å². The summed E-state index contributed by atoms with van der Waals surface area (Å²) in [5.74, 6) is -1.25. The highest BCUT2D eigenvalue weighted by Gasteiger charge is 2.49. The maximum Gasteiger partial charge on any atom is 0.430 e. The van der Waals surface area contributed by atoms with Crippen molar-refractivity contribution in [3.8, 4) is 5.75 Å². The number of carbonyl (C=O) groups excluding carboxylic acids is 1. The summed E-state index contributed by atoms with van der Waals surface area (Å²) in [5, 5.41) is 3.34. The first-order chi connectivity index (χ1) is 11.9. The summed E-state index contributed by atoms with van der Waals surface area (Å²) in [6, 6.07) is 2.92. The van der Waals surface area contributed by atoms with E-state index in [1.165, 1.54) is 12.1 Å². The predicted octanol–water partition coefficient (Wildman–Crippen LogP) is 4.48. The van der Waals surface area contributed by atoms with Crippen LogP contribution in [0.5, 0.6) is 5.75 Å². The smallest absolute Gasteiger partial charge is 0.430 e. The van der Waals surface area contributed by atoms with E-state index in [0.717, 1.165) is 6.08 Å². The Kier molecular flexibility index (Phi) is 5.55. The molecule has 9 heteroatoms. The van der Waals surface area contributed by atoms with Gasteiger partial charge in [0.25, 0.3) is 6.79 Å². The third-order valence-electron chi connectivity index (χ3n) is 3.61. The summed E-state index contributed by atoms with van der Waals surface area (Å²) in [6.45, 7) is 7.94. The van der Waals surface area contributed by atoms with E-state index in [2.05, 4.69) is 21.4 Å². The first-order valence-corrected chi connectivity index (χ1v) is 7.87. The highest BCUT2D eigenvalue weighted by atomic mass is 35.5. The van der Waals surface area contributed by atoms with Crippen LogP contribution in [0.1, 0.15) is 31.9 Å². The Labute approximate surface area is 153 Å². The number of oxime groups is 1. The molecule has 26 heavy (non-hydrogen) atoms. The van der Waals surface area contributed by atoms with E-state index < -0.39 is 36.0 Å². The highest BCUT2D eigenvalue weighted by Crippen LogP contribution is 2.42. The molecule has 5 nitrogen and oxygen atoms in total. The number of carbonyl (C=O) groups is 1. The molecule has 0 fully saturated rings. The van der Waals surface area contributed by atoms with E-state index in [1.807, 2.05) is 20.8 Å². The summed E-state index contributed by atoms with van der Waals surface area (Å²) in [7, 11) is 0. The topological polar surface area (TPSA) is 57.1 Å². The normalized spacial score (nSPS) is 16.9. The molecule has 0 bridgehead atoms. The molecule has 0 aromatic heterocycles. The first kappa shape index (κ1) is 20.1. The van der Waals surface area contributed by atoms with Gasteiger partial charge in [0.1, 0.15) is 5.75 Å². The Morgan fingerprint density at radius 1 is 1.35 bits per heavy atom. The lowest BCUT2D eigenvalue weighted by Gasteiger charge is -2.30. The molecule has 1 aromatic carbocycles. The van der Waals surface area contributed by atoms with E-state index in [9.17, 15) is 18.0 Å². The minimum atomic E-state index is -4.82. The predicted molar refractivity (Wildman–Crippen MR) is 90.2 cm³/mol. The summed E-state index contributed by atoms with van der Waals surface area (Å²) >= 11 is 6.24. The summed E-state index contributed by atoms with van der Waals surface area (Å²) in [4.78, 5) is 16.4. The SMILES string of the molecule is C=NOCOC(=O)C1=Cc2cc(Cl)c(C(C)(C)C)cc2OC1C(F)(F)F. The number of halogens is 4. The molecular weight excluding hydrogens is 375 g/mol. The van der Waals surface area contributed by atoms with Gasteiger partial charge in [-0.25, -0.2) is 4.79 Å². The molecule has 1 aromatic rings.